The molecule has 1 fully saturated rings. The average Bonchev–Trinajstić information content (AvgIpc) is 2.90. The minimum atomic E-state index is -0.283. The van der Waals surface area contributed by atoms with Gasteiger partial charge in [0.1, 0.15) is 0 Å². The van der Waals surface area contributed by atoms with Crippen LogP contribution in [0.1, 0.15) is 52.1 Å². The number of carbonyl (C=O) groups is 1. The molecule has 6 heteroatoms. The number of carbonyl (C=O) groups excluding carboxylic acids is 1. The number of aliphatic hydroxyl groups is 1. The molecule has 0 aliphatic heterocycles. The summed E-state index contributed by atoms with van der Waals surface area (Å²) in [6.45, 7) is 7.83. The van der Waals surface area contributed by atoms with Crippen molar-refractivity contribution in [2.45, 2.75) is 65.5 Å². The van der Waals surface area contributed by atoms with Crippen molar-refractivity contribution in [3.8, 4) is 0 Å². The van der Waals surface area contributed by atoms with Gasteiger partial charge in [-0.25, -0.2) is 4.79 Å². The summed E-state index contributed by atoms with van der Waals surface area (Å²) >= 11 is 0. The second-order valence-electron chi connectivity index (χ2n) is 7.36. The third-order valence-corrected chi connectivity index (χ3v) is 4.79. The second kappa shape index (κ2) is 8.51. The van der Waals surface area contributed by atoms with E-state index >= 15 is 0 Å². The van der Waals surface area contributed by atoms with Gasteiger partial charge >= 0.3 is 6.03 Å². The van der Waals surface area contributed by atoms with Crippen LogP contribution in [0.2, 0.25) is 0 Å². The first-order valence-electron chi connectivity index (χ1n) is 9.17. The van der Waals surface area contributed by atoms with E-state index in [1.54, 1.807) is 18.1 Å². The summed E-state index contributed by atoms with van der Waals surface area (Å²) in [6.07, 6.45) is 6.35. The van der Waals surface area contributed by atoms with Gasteiger partial charge in [-0.2, -0.15) is 5.10 Å². The molecule has 1 aromatic rings. The lowest BCUT2D eigenvalue weighted by Gasteiger charge is -2.31. The lowest BCUT2D eigenvalue weighted by Crippen LogP contribution is -2.40. The SMILES string of the molecule is CCc1c(NC(=O)N(C)C[C@H]2CCCC[C@H]2O)cnn1CC(C)C. The number of anilines is 1. The van der Waals surface area contributed by atoms with Crippen LogP contribution >= 0.6 is 0 Å². The molecule has 2 rings (SSSR count). The molecule has 1 saturated carbocycles. The zero-order valence-electron chi connectivity index (χ0n) is 15.5. The summed E-state index contributed by atoms with van der Waals surface area (Å²) in [7, 11) is 1.79. The first kappa shape index (κ1) is 18.8. The molecule has 2 N–H and O–H groups in total. The molecular weight excluding hydrogens is 304 g/mol. The molecule has 2 amide bonds. The maximum Gasteiger partial charge on any atom is 0.321 e. The Morgan fingerprint density at radius 3 is 2.79 bits per heavy atom. The summed E-state index contributed by atoms with van der Waals surface area (Å²) in [5.41, 5.74) is 1.85. The average molecular weight is 336 g/mol. The van der Waals surface area contributed by atoms with Gasteiger partial charge < -0.3 is 15.3 Å². The highest BCUT2D eigenvalue weighted by Gasteiger charge is 2.26. The van der Waals surface area contributed by atoms with E-state index in [4.69, 9.17) is 0 Å². The number of hydrogen-bond donors (Lipinski definition) is 2. The van der Waals surface area contributed by atoms with Crippen molar-refractivity contribution in [2.75, 3.05) is 18.9 Å². The van der Waals surface area contributed by atoms with Crippen molar-refractivity contribution in [3.63, 3.8) is 0 Å². The van der Waals surface area contributed by atoms with Gasteiger partial charge in [0.05, 0.1) is 23.7 Å². The smallest absolute Gasteiger partial charge is 0.321 e. The fraction of sp³-hybridized carbons (Fsp3) is 0.778. The predicted molar refractivity (Wildman–Crippen MR) is 96.1 cm³/mol. The zero-order valence-corrected chi connectivity index (χ0v) is 15.5. The molecule has 1 aliphatic carbocycles. The lowest BCUT2D eigenvalue weighted by atomic mass is 9.86. The van der Waals surface area contributed by atoms with Gasteiger partial charge in [0, 0.05) is 26.1 Å². The van der Waals surface area contributed by atoms with Gasteiger partial charge in [0.25, 0.3) is 0 Å². The van der Waals surface area contributed by atoms with Gasteiger partial charge in [-0.15, -0.1) is 0 Å². The van der Waals surface area contributed by atoms with E-state index in [0.29, 0.717) is 12.5 Å². The van der Waals surface area contributed by atoms with Crippen molar-refractivity contribution < 1.29 is 9.90 Å². The molecule has 0 aromatic carbocycles. The Bertz CT molecular complexity index is 541. The molecule has 2 atom stereocenters. The largest absolute Gasteiger partial charge is 0.393 e. The van der Waals surface area contributed by atoms with Crippen molar-refractivity contribution in [3.05, 3.63) is 11.9 Å². The van der Waals surface area contributed by atoms with E-state index in [1.807, 2.05) is 4.68 Å². The number of nitrogens with zero attached hydrogens (tertiary/aromatic N) is 3. The molecule has 0 bridgehead atoms. The van der Waals surface area contributed by atoms with E-state index in [9.17, 15) is 9.90 Å². The molecule has 0 spiro atoms. The minimum absolute atomic E-state index is 0.133. The van der Waals surface area contributed by atoms with Crippen molar-refractivity contribution in [2.24, 2.45) is 11.8 Å². The van der Waals surface area contributed by atoms with Gasteiger partial charge in [0.2, 0.25) is 0 Å². The quantitative estimate of drug-likeness (QED) is 0.838. The number of aliphatic hydroxyl groups excluding tert-OH is 1. The molecule has 24 heavy (non-hydrogen) atoms. The molecule has 6 nitrogen and oxygen atoms in total. The van der Waals surface area contributed by atoms with Gasteiger partial charge in [-0.05, 0) is 25.2 Å². The number of aromatic nitrogens is 2. The highest BCUT2D eigenvalue weighted by atomic mass is 16.3. The lowest BCUT2D eigenvalue weighted by molar-refractivity contribution is 0.0575. The van der Waals surface area contributed by atoms with Gasteiger partial charge in [-0.1, -0.05) is 33.6 Å². The highest BCUT2D eigenvalue weighted by molar-refractivity contribution is 5.89. The minimum Gasteiger partial charge on any atom is -0.393 e. The van der Waals surface area contributed by atoms with Crippen LogP contribution in [-0.2, 0) is 13.0 Å². The maximum atomic E-state index is 12.5. The Kier molecular flexibility index (Phi) is 6.66. The molecule has 1 heterocycles. The van der Waals surface area contributed by atoms with Crippen LogP contribution in [0.15, 0.2) is 6.20 Å². The Morgan fingerprint density at radius 1 is 1.46 bits per heavy atom. The Balaban J connectivity index is 1.97. The molecule has 1 aliphatic rings. The monoisotopic (exact) mass is 336 g/mol. The standard InChI is InChI=1S/C18H32N4O2/c1-5-16-15(10-19-22(16)11-13(2)3)20-18(24)21(4)12-14-8-6-7-9-17(14)23/h10,13-14,17,23H,5-9,11-12H2,1-4H3,(H,20,24)/t14-,17-/m1/s1. The van der Waals surface area contributed by atoms with Crippen LogP contribution in [-0.4, -0.2) is 45.5 Å². The van der Waals surface area contributed by atoms with Gasteiger partial charge in [0.15, 0.2) is 0 Å². The Labute approximate surface area is 145 Å². The number of nitrogens with one attached hydrogen (secondary N) is 1. The predicted octanol–water partition coefficient (Wildman–Crippen LogP) is 3.12. The molecule has 1 aromatic heterocycles. The Morgan fingerprint density at radius 2 is 2.17 bits per heavy atom. The third-order valence-electron chi connectivity index (χ3n) is 4.79. The van der Waals surface area contributed by atoms with Crippen molar-refractivity contribution in [1.29, 1.82) is 0 Å². The molecule has 0 radical (unpaired) electrons. The van der Waals surface area contributed by atoms with Crippen molar-refractivity contribution in [1.82, 2.24) is 14.7 Å². The normalized spacial score (nSPS) is 21.1. The first-order valence-corrected chi connectivity index (χ1v) is 9.17. The van der Waals surface area contributed by atoms with E-state index in [1.165, 1.54) is 0 Å². The third kappa shape index (κ3) is 4.72. The molecule has 0 unspecified atom stereocenters. The van der Waals surface area contributed by atoms with Crippen LogP contribution in [0, 0.1) is 11.8 Å². The van der Waals surface area contributed by atoms with E-state index in [-0.39, 0.29) is 18.1 Å². The van der Waals surface area contributed by atoms with Crippen LogP contribution in [0.25, 0.3) is 0 Å². The summed E-state index contributed by atoms with van der Waals surface area (Å²) < 4.78 is 1.98. The molecular formula is C18H32N4O2. The maximum absolute atomic E-state index is 12.5. The van der Waals surface area contributed by atoms with Crippen molar-refractivity contribution >= 4 is 11.7 Å². The van der Waals surface area contributed by atoms with Crippen LogP contribution < -0.4 is 5.32 Å². The molecule has 136 valence electrons. The first-order chi connectivity index (χ1) is 11.4. The van der Waals surface area contributed by atoms with Crippen LogP contribution in [0.4, 0.5) is 10.5 Å². The van der Waals surface area contributed by atoms with Crippen LogP contribution in [0.5, 0.6) is 0 Å². The fourth-order valence-electron chi connectivity index (χ4n) is 3.44. The Hall–Kier alpha value is -1.56. The van der Waals surface area contributed by atoms with E-state index in [2.05, 4.69) is 31.2 Å². The van der Waals surface area contributed by atoms with Gasteiger partial charge in [-0.3, -0.25) is 4.68 Å². The van der Waals surface area contributed by atoms with Crippen LogP contribution in [0.3, 0.4) is 0 Å². The second-order valence-corrected chi connectivity index (χ2v) is 7.36. The number of hydrogen-bond acceptors (Lipinski definition) is 3. The number of urea groups is 1. The number of amides is 2. The van der Waals surface area contributed by atoms with E-state index < -0.39 is 0 Å². The summed E-state index contributed by atoms with van der Waals surface area (Å²) in [4.78, 5) is 14.2. The summed E-state index contributed by atoms with van der Waals surface area (Å²) in [6, 6.07) is -0.133. The number of rotatable bonds is 6. The fourth-order valence-corrected chi connectivity index (χ4v) is 3.44. The van der Waals surface area contributed by atoms with E-state index in [0.717, 1.165) is 50.0 Å². The summed E-state index contributed by atoms with van der Waals surface area (Å²) in [5, 5.41) is 17.5. The highest BCUT2D eigenvalue weighted by Crippen LogP contribution is 2.25. The topological polar surface area (TPSA) is 70.4 Å². The summed E-state index contributed by atoms with van der Waals surface area (Å²) in [5.74, 6) is 0.693. The zero-order chi connectivity index (χ0) is 17.7. The molecule has 0 saturated heterocycles.